The van der Waals surface area contributed by atoms with Crippen LogP contribution in [0.4, 0.5) is 9.52 Å². The molecule has 0 aliphatic carbocycles. The summed E-state index contributed by atoms with van der Waals surface area (Å²) < 4.78 is 13.2. The second-order valence-electron chi connectivity index (χ2n) is 5.92. The molecule has 1 amide bonds. The van der Waals surface area contributed by atoms with E-state index in [9.17, 15) is 9.18 Å². The zero-order chi connectivity index (χ0) is 16.2. The Hall–Kier alpha value is -1.86. The number of halogens is 1. The SMILES string of the molecule is CC(=O)Nc1ncc(CN2CCC(Cc3cncc(F)c3)C2)s1. The summed E-state index contributed by atoms with van der Waals surface area (Å²) in [6, 6.07) is 1.57. The minimum absolute atomic E-state index is 0.101. The topological polar surface area (TPSA) is 58.1 Å². The van der Waals surface area contributed by atoms with Gasteiger partial charge in [0, 0.05) is 37.3 Å². The molecule has 23 heavy (non-hydrogen) atoms. The molecule has 2 aromatic rings. The van der Waals surface area contributed by atoms with Gasteiger partial charge >= 0.3 is 0 Å². The maximum atomic E-state index is 13.2. The smallest absolute Gasteiger partial charge is 0.223 e. The van der Waals surface area contributed by atoms with Crippen molar-refractivity contribution in [3.05, 3.63) is 40.9 Å². The van der Waals surface area contributed by atoms with E-state index in [-0.39, 0.29) is 11.7 Å². The second-order valence-corrected chi connectivity index (χ2v) is 7.03. The van der Waals surface area contributed by atoms with Gasteiger partial charge in [0.1, 0.15) is 5.82 Å². The molecule has 5 nitrogen and oxygen atoms in total. The van der Waals surface area contributed by atoms with Crippen LogP contribution in [0, 0.1) is 11.7 Å². The molecule has 0 spiro atoms. The molecule has 1 aliphatic rings. The molecule has 1 atom stereocenters. The largest absolute Gasteiger partial charge is 0.302 e. The van der Waals surface area contributed by atoms with E-state index in [1.807, 2.05) is 6.20 Å². The summed E-state index contributed by atoms with van der Waals surface area (Å²) >= 11 is 1.51. The predicted octanol–water partition coefficient (Wildman–Crippen LogP) is 2.70. The first-order chi connectivity index (χ1) is 11.1. The third-order valence-electron chi connectivity index (χ3n) is 3.87. The molecule has 3 heterocycles. The van der Waals surface area contributed by atoms with E-state index < -0.39 is 0 Å². The number of likely N-dealkylation sites (tertiary alicyclic amines) is 1. The number of amides is 1. The number of nitrogens with zero attached hydrogens (tertiary/aromatic N) is 3. The maximum absolute atomic E-state index is 13.2. The lowest BCUT2D eigenvalue weighted by atomic mass is 10.00. The molecule has 7 heteroatoms. The number of hydrogen-bond acceptors (Lipinski definition) is 5. The van der Waals surface area contributed by atoms with Gasteiger partial charge in [0.15, 0.2) is 5.13 Å². The number of pyridine rings is 1. The van der Waals surface area contributed by atoms with Crippen molar-refractivity contribution >= 4 is 22.4 Å². The Morgan fingerprint density at radius 2 is 2.35 bits per heavy atom. The predicted molar refractivity (Wildman–Crippen MR) is 87.7 cm³/mol. The van der Waals surface area contributed by atoms with Crippen LogP contribution in [0.15, 0.2) is 24.7 Å². The average Bonchev–Trinajstić information content (AvgIpc) is 3.09. The summed E-state index contributed by atoms with van der Waals surface area (Å²) in [7, 11) is 0. The highest BCUT2D eigenvalue weighted by molar-refractivity contribution is 7.15. The van der Waals surface area contributed by atoms with E-state index in [4.69, 9.17) is 0 Å². The van der Waals surface area contributed by atoms with Gasteiger partial charge in [0.2, 0.25) is 5.91 Å². The second kappa shape index (κ2) is 7.14. The van der Waals surface area contributed by atoms with Gasteiger partial charge in [0.05, 0.1) is 6.20 Å². The summed E-state index contributed by atoms with van der Waals surface area (Å²) in [4.78, 5) is 22.7. The van der Waals surface area contributed by atoms with Crippen LogP contribution in [0.1, 0.15) is 23.8 Å². The molecule has 1 unspecified atom stereocenters. The van der Waals surface area contributed by atoms with Gasteiger partial charge < -0.3 is 5.32 Å². The monoisotopic (exact) mass is 334 g/mol. The zero-order valence-corrected chi connectivity index (χ0v) is 13.8. The normalized spacial score (nSPS) is 18.3. The first-order valence-electron chi connectivity index (χ1n) is 7.62. The van der Waals surface area contributed by atoms with E-state index in [1.165, 1.54) is 24.5 Å². The summed E-state index contributed by atoms with van der Waals surface area (Å²) in [5.74, 6) is 0.157. The average molecular weight is 334 g/mol. The van der Waals surface area contributed by atoms with E-state index in [0.29, 0.717) is 11.0 Å². The lowest BCUT2D eigenvalue weighted by molar-refractivity contribution is -0.114. The van der Waals surface area contributed by atoms with Crippen LogP contribution in [-0.2, 0) is 17.8 Å². The summed E-state index contributed by atoms with van der Waals surface area (Å²) in [5, 5.41) is 3.35. The van der Waals surface area contributed by atoms with Crippen molar-refractivity contribution in [2.24, 2.45) is 5.92 Å². The van der Waals surface area contributed by atoms with Crippen molar-refractivity contribution in [1.82, 2.24) is 14.9 Å². The highest BCUT2D eigenvalue weighted by atomic mass is 32.1. The first-order valence-corrected chi connectivity index (χ1v) is 8.44. The number of hydrogen-bond donors (Lipinski definition) is 1. The molecule has 0 aromatic carbocycles. The fourth-order valence-corrected chi connectivity index (χ4v) is 3.83. The molecule has 2 aromatic heterocycles. The van der Waals surface area contributed by atoms with E-state index in [2.05, 4.69) is 20.2 Å². The molecule has 1 N–H and O–H groups in total. The van der Waals surface area contributed by atoms with Gasteiger partial charge in [-0.3, -0.25) is 14.7 Å². The zero-order valence-electron chi connectivity index (χ0n) is 13.0. The Bertz CT molecular complexity index is 690. The van der Waals surface area contributed by atoms with Gasteiger partial charge in [-0.2, -0.15) is 0 Å². The fraction of sp³-hybridized carbons (Fsp3) is 0.438. The third kappa shape index (κ3) is 4.56. The summed E-state index contributed by atoms with van der Waals surface area (Å²) in [5.41, 5.74) is 0.961. The molecule has 3 rings (SSSR count). The van der Waals surface area contributed by atoms with E-state index in [1.54, 1.807) is 12.3 Å². The molecule has 0 saturated carbocycles. The Morgan fingerprint density at radius 1 is 1.48 bits per heavy atom. The van der Waals surface area contributed by atoms with Crippen molar-refractivity contribution in [2.75, 3.05) is 18.4 Å². The quantitative estimate of drug-likeness (QED) is 0.913. The Labute approximate surface area is 138 Å². The Kier molecular flexibility index (Phi) is 4.97. The highest BCUT2D eigenvalue weighted by Gasteiger charge is 2.23. The van der Waals surface area contributed by atoms with Crippen LogP contribution in [0.5, 0.6) is 0 Å². The molecule has 1 saturated heterocycles. The number of rotatable bonds is 5. The standard InChI is InChI=1S/C16H19FN4OS/c1-11(22)20-16-19-8-15(23-16)10-21-3-2-12(9-21)4-13-5-14(17)7-18-6-13/h5-8,12H,2-4,9-10H2,1H3,(H,19,20,22). The maximum Gasteiger partial charge on any atom is 0.223 e. The van der Waals surface area contributed by atoms with Crippen molar-refractivity contribution in [2.45, 2.75) is 26.3 Å². The van der Waals surface area contributed by atoms with Gasteiger partial charge in [0.25, 0.3) is 0 Å². The van der Waals surface area contributed by atoms with Crippen molar-refractivity contribution in [3.63, 3.8) is 0 Å². The van der Waals surface area contributed by atoms with Crippen LogP contribution in [-0.4, -0.2) is 33.9 Å². The number of thiazole rings is 1. The summed E-state index contributed by atoms with van der Waals surface area (Å²) in [6.45, 7) is 4.34. The molecule has 0 bridgehead atoms. The van der Waals surface area contributed by atoms with Crippen LogP contribution < -0.4 is 5.32 Å². The third-order valence-corrected chi connectivity index (χ3v) is 4.77. The number of aromatic nitrogens is 2. The molecular weight excluding hydrogens is 315 g/mol. The molecule has 1 fully saturated rings. The Balaban J connectivity index is 1.51. The van der Waals surface area contributed by atoms with Gasteiger partial charge in [-0.15, -0.1) is 11.3 Å². The lowest BCUT2D eigenvalue weighted by Crippen LogP contribution is -2.20. The Morgan fingerprint density at radius 3 is 3.13 bits per heavy atom. The lowest BCUT2D eigenvalue weighted by Gasteiger charge is -2.14. The number of carbonyl (C=O) groups excluding carboxylic acids is 1. The molecule has 0 radical (unpaired) electrons. The van der Waals surface area contributed by atoms with E-state index >= 15 is 0 Å². The molecular formula is C16H19FN4OS. The molecule has 1 aliphatic heterocycles. The van der Waals surface area contributed by atoms with Crippen molar-refractivity contribution < 1.29 is 9.18 Å². The van der Waals surface area contributed by atoms with E-state index in [0.717, 1.165) is 42.9 Å². The van der Waals surface area contributed by atoms with Crippen LogP contribution in [0.3, 0.4) is 0 Å². The fourth-order valence-electron chi connectivity index (χ4n) is 2.93. The highest BCUT2D eigenvalue weighted by Crippen LogP contribution is 2.25. The number of carbonyl (C=O) groups is 1. The number of nitrogens with one attached hydrogen (secondary N) is 1. The summed E-state index contributed by atoms with van der Waals surface area (Å²) in [6.07, 6.45) is 6.77. The minimum atomic E-state index is -0.271. The van der Waals surface area contributed by atoms with Gasteiger partial charge in [-0.1, -0.05) is 0 Å². The van der Waals surface area contributed by atoms with Crippen LogP contribution >= 0.6 is 11.3 Å². The number of anilines is 1. The van der Waals surface area contributed by atoms with Crippen molar-refractivity contribution in [3.8, 4) is 0 Å². The van der Waals surface area contributed by atoms with Gasteiger partial charge in [-0.25, -0.2) is 9.37 Å². The molecule has 122 valence electrons. The van der Waals surface area contributed by atoms with Crippen LogP contribution in [0.25, 0.3) is 0 Å². The van der Waals surface area contributed by atoms with Crippen LogP contribution in [0.2, 0.25) is 0 Å². The first kappa shape index (κ1) is 16.0. The minimum Gasteiger partial charge on any atom is -0.302 e. The van der Waals surface area contributed by atoms with Crippen molar-refractivity contribution in [1.29, 1.82) is 0 Å². The van der Waals surface area contributed by atoms with Gasteiger partial charge in [-0.05, 0) is 36.9 Å².